The van der Waals surface area contributed by atoms with E-state index in [0.717, 1.165) is 11.8 Å². The highest BCUT2D eigenvalue weighted by Gasteiger charge is 2.14. The highest BCUT2D eigenvalue weighted by molar-refractivity contribution is 5.41. The van der Waals surface area contributed by atoms with Crippen LogP contribution in [0.1, 0.15) is 59.3 Å². The highest BCUT2D eigenvalue weighted by atomic mass is 15.2. The van der Waals surface area contributed by atoms with Crippen molar-refractivity contribution < 1.29 is 0 Å². The lowest BCUT2D eigenvalue weighted by Crippen LogP contribution is -2.27. The monoisotopic (exact) mass is 262 g/mol. The minimum Gasteiger partial charge on any atom is -0.365 e. The molecule has 19 heavy (non-hydrogen) atoms. The van der Waals surface area contributed by atoms with E-state index in [2.05, 4.69) is 41.4 Å². The quantitative estimate of drug-likeness (QED) is 0.813. The van der Waals surface area contributed by atoms with Gasteiger partial charge in [-0.2, -0.15) is 4.98 Å². The molecule has 1 aliphatic carbocycles. The molecule has 2 N–H and O–H groups in total. The molecule has 0 unspecified atom stereocenters. The minimum absolute atomic E-state index is 0.0218. The van der Waals surface area contributed by atoms with Gasteiger partial charge in [-0.3, -0.25) is 0 Å². The average Bonchev–Trinajstić information content (AvgIpc) is 2.56. The van der Waals surface area contributed by atoms with Crippen LogP contribution in [0.25, 0.3) is 0 Å². The molecule has 2 rings (SSSR count). The largest absolute Gasteiger partial charge is 0.365 e. The Morgan fingerprint density at radius 3 is 2.42 bits per heavy atom. The summed E-state index contributed by atoms with van der Waals surface area (Å²) in [6.07, 6.45) is 9.66. The van der Waals surface area contributed by atoms with E-state index in [0.29, 0.717) is 6.04 Å². The van der Waals surface area contributed by atoms with Gasteiger partial charge in [-0.15, -0.1) is 0 Å². The summed E-state index contributed by atoms with van der Waals surface area (Å²) in [5.41, 5.74) is 0.0218. The highest BCUT2D eigenvalue weighted by Crippen LogP contribution is 2.20. The minimum atomic E-state index is 0.0218. The Hall–Kier alpha value is -1.32. The Balaban J connectivity index is 1.98. The molecule has 1 heterocycles. The van der Waals surface area contributed by atoms with Crippen molar-refractivity contribution in [3.63, 3.8) is 0 Å². The molecule has 0 bridgehead atoms. The fourth-order valence-electron chi connectivity index (χ4n) is 2.49. The molecule has 0 spiro atoms. The predicted molar refractivity (Wildman–Crippen MR) is 80.5 cm³/mol. The maximum absolute atomic E-state index is 4.55. The molecule has 1 saturated carbocycles. The zero-order chi connectivity index (χ0) is 13.7. The van der Waals surface area contributed by atoms with Crippen molar-refractivity contribution in [2.75, 3.05) is 10.6 Å². The summed E-state index contributed by atoms with van der Waals surface area (Å²) in [5.74, 6) is 1.64. The molecule has 1 aliphatic rings. The maximum atomic E-state index is 4.55. The van der Waals surface area contributed by atoms with E-state index in [1.165, 1.54) is 38.5 Å². The Kier molecular flexibility index (Phi) is 4.61. The van der Waals surface area contributed by atoms with Crippen LogP contribution in [0.4, 0.5) is 11.8 Å². The summed E-state index contributed by atoms with van der Waals surface area (Å²) >= 11 is 0. The second kappa shape index (κ2) is 6.22. The van der Waals surface area contributed by atoms with Crippen LogP contribution in [0, 0.1) is 0 Å². The first kappa shape index (κ1) is 14.1. The fraction of sp³-hybridized carbons (Fsp3) is 0.733. The van der Waals surface area contributed by atoms with Crippen molar-refractivity contribution in [1.82, 2.24) is 9.97 Å². The first-order valence-corrected chi connectivity index (χ1v) is 7.41. The molecule has 0 amide bonds. The number of nitrogens with zero attached hydrogens (tertiary/aromatic N) is 2. The molecular weight excluding hydrogens is 236 g/mol. The summed E-state index contributed by atoms with van der Waals surface area (Å²) in [6.45, 7) is 6.40. The Morgan fingerprint density at radius 2 is 1.79 bits per heavy atom. The summed E-state index contributed by atoms with van der Waals surface area (Å²) in [6, 6.07) is 2.45. The third-order valence-electron chi connectivity index (χ3n) is 3.35. The summed E-state index contributed by atoms with van der Waals surface area (Å²) < 4.78 is 0. The van der Waals surface area contributed by atoms with Crippen LogP contribution in [0.5, 0.6) is 0 Å². The van der Waals surface area contributed by atoms with Crippen molar-refractivity contribution in [2.45, 2.75) is 70.9 Å². The van der Waals surface area contributed by atoms with Gasteiger partial charge >= 0.3 is 0 Å². The molecule has 1 aromatic rings. The van der Waals surface area contributed by atoms with E-state index in [1.54, 1.807) is 0 Å². The van der Waals surface area contributed by atoms with Gasteiger partial charge in [0.1, 0.15) is 5.82 Å². The Morgan fingerprint density at radius 1 is 1.11 bits per heavy atom. The lowest BCUT2D eigenvalue weighted by atomic mass is 10.1. The molecule has 0 atom stereocenters. The number of rotatable bonds is 3. The number of hydrogen-bond donors (Lipinski definition) is 2. The van der Waals surface area contributed by atoms with Crippen molar-refractivity contribution in [3.8, 4) is 0 Å². The summed E-state index contributed by atoms with van der Waals surface area (Å²) in [5, 5.41) is 6.86. The SMILES string of the molecule is CC(C)(C)Nc1ccnc(NC2CCCCCC2)n1. The lowest BCUT2D eigenvalue weighted by Gasteiger charge is -2.22. The van der Waals surface area contributed by atoms with E-state index in [-0.39, 0.29) is 5.54 Å². The van der Waals surface area contributed by atoms with Crippen LogP contribution < -0.4 is 10.6 Å². The summed E-state index contributed by atoms with van der Waals surface area (Å²) in [7, 11) is 0. The Labute approximate surface area is 116 Å². The first-order chi connectivity index (χ1) is 9.03. The zero-order valence-corrected chi connectivity index (χ0v) is 12.4. The molecule has 106 valence electrons. The van der Waals surface area contributed by atoms with Gasteiger partial charge in [-0.1, -0.05) is 25.7 Å². The van der Waals surface area contributed by atoms with E-state index in [9.17, 15) is 0 Å². The average molecular weight is 262 g/mol. The summed E-state index contributed by atoms with van der Waals surface area (Å²) in [4.78, 5) is 8.88. The molecule has 1 aromatic heterocycles. The fourth-order valence-corrected chi connectivity index (χ4v) is 2.49. The standard InChI is InChI=1S/C15H26N4/c1-15(2,3)19-13-10-11-16-14(18-13)17-12-8-6-4-5-7-9-12/h10-12H,4-9H2,1-3H3,(H2,16,17,18,19). The van der Waals surface area contributed by atoms with Crippen molar-refractivity contribution in [2.24, 2.45) is 0 Å². The number of aromatic nitrogens is 2. The normalized spacial score (nSPS) is 17.8. The van der Waals surface area contributed by atoms with Crippen LogP contribution >= 0.6 is 0 Å². The molecule has 0 aliphatic heterocycles. The van der Waals surface area contributed by atoms with E-state index >= 15 is 0 Å². The second-order valence-corrected chi connectivity index (χ2v) is 6.47. The second-order valence-electron chi connectivity index (χ2n) is 6.47. The molecular formula is C15H26N4. The van der Waals surface area contributed by atoms with Crippen LogP contribution in [0.15, 0.2) is 12.3 Å². The molecule has 0 saturated heterocycles. The Bertz CT molecular complexity index is 389. The smallest absolute Gasteiger partial charge is 0.224 e. The van der Waals surface area contributed by atoms with E-state index in [1.807, 2.05) is 12.3 Å². The van der Waals surface area contributed by atoms with Gasteiger partial charge in [-0.05, 0) is 39.7 Å². The van der Waals surface area contributed by atoms with Crippen molar-refractivity contribution >= 4 is 11.8 Å². The third kappa shape index (κ3) is 5.05. The maximum Gasteiger partial charge on any atom is 0.224 e. The van der Waals surface area contributed by atoms with Crippen molar-refractivity contribution in [3.05, 3.63) is 12.3 Å². The van der Waals surface area contributed by atoms with Gasteiger partial charge in [0.05, 0.1) is 0 Å². The third-order valence-corrected chi connectivity index (χ3v) is 3.35. The number of anilines is 2. The number of hydrogen-bond acceptors (Lipinski definition) is 4. The van der Waals surface area contributed by atoms with Gasteiger partial charge in [-0.25, -0.2) is 4.98 Å². The lowest BCUT2D eigenvalue weighted by molar-refractivity contribution is 0.612. The molecule has 0 radical (unpaired) electrons. The molecule has 4 heteroatoms. The zero-order valence-electron chi connectivity index (χ0n) is 12.4. The first-order valence-electron chi connectivity index (χ1n) is 7.41. The van der Waals surface area contributed by atoms with Gasteiger partial charge in [0, 0.05) is 17.8 Å². The van der Waals surface area contributed by atoms with Crippen LogP contribution in [-0.4, -0.2) is 21.5 Å². The molecule has 1 fully saturated rings. The van der Waals surface area contributed by atoms with Gasteiger partial charge in [0.25, 0.3) is 0 Å². The topological polar surface area (TPSA) is 49.8 Å². The van der Waals surface area contributed by atoms with Crippen molar-refractivity contribution in [1.29, 1.82) is 0 Å². The van der Waals surface area contributed by atoms with E-state index < -0.39 is 0 Å². The molecule has 0 aromatic carbocycles. The van der Waals surface area contributed by atoms with E-state index in [4.69, 9.17) is 0 Å². The molecule has 4 nitrogen and oxygen atoms in total. The van der Waals surface area contributed by atoms with Gasteiger partial charge in [0.15, 0.2) is 0 Å². The van der Waals surface area contributed by atoms with Gasteiger partial charge in [0.2, 0.25) is 5.95 Å². The van der Waals surface area contributed by atoms with Gasteiger partial charge < -0.3 is 10.6 Å². The van der Waals surface area contributed by atoms with Crippen LogP contribution in [0.3, 0.4) is 0 Å². The predicted octanol–water partition coefficient (Wildman–Crippen LogP) is 3.82. The number of nitrogens with one attached hydrogen (secondary N) is 2. The van der Waals surface area contributed by atoms with Crippen LogP contribution in [0.2, 0.25) is 0 Å². The van der Waals surface area contributed by atoms with Crippen LogP contribution in [-0.2, 0) is 0 Å².